The van der Waals surface area contributed by atoms with Gasteiger partial charge in [-0.05, 0) is 90.3 Å². The van der Waals surface area contributed by atoms with E-state index in [0.29, 0.717) is 46.2 Å². The second kappa shape index (κ2) is 11.5. The molecule has 0 bridgehead atoms. The third-order valence-corrected chi connectivity index (χ3v) is 6.32. The van der Waals surface area contributed by atoms with E-state index in [1.807, 2.05) is 20.8 Å². The highest BCUT2D eigenvalue weighted by molar-refractivity contribution is 9.10. The highest BCUT2D eigenvalue weighted by Gasteiger charge is 2.37. The summed E-state index contributed by atoms with van der Waals surface area (Å²) in [5, 5.41) is 2.23. The number of benzene rings is 3. The molecule has 1 fully saturated rings. The van der Waals surface area contributed by atoms with Crippen LogP contribution in [0.25, 0.3) is 6.08 Å². The van der Waals surface area contributed by atoms with Crippen LogP contribution >= 0.6 is 15.9 Å². The van der Waals surface area contributed by atoms with Gasteiger partial charge in [0.2, 0.25) is 0 Å². The maximum atomic E-state index is 13.3. The molecule has 1 N–H and O–H groups in total. The summed E-state index contributed by atoms with van der Waals surface area (Å²) in [4.78, 5) is 39.3. The summed E-state index contributed by atoms with van der Waals surface area (Å²) < 4.78 is 17.6. The third-order valence-electron chi connectivity index (χ3n) is 5.74. The molecule has 0 unspecified atom stereocenters. The van der Waals surface area contributed by atoms with E-state index in [0.717, 1.165) is 21.6 Å². The second-order valence-corrected chi connectivity index (χ2v) is 9.56. The molecule has 1 saturated heterocycles. The van der Waals surface area contributed by atoms with Crippen LogP contribution in [0.4, 0.5) is 10.5 Å². The quantitative estimate of drug-likeness (QED) is 0.271. The van der Waals surface area contributed by atoms with Crippen molar-refractivity contribution in [1.29, 1.82) is 0 Å². The number of nitrogens with one attached hydrogen (secondary N) is 1. The maximum absolute atomic E-state index is 13.3. The van der Waals surface area contributed by atoms with Crippen molar-refractivity contribution in [2.75, 3.05) is 18.6 Å². The number of imide groups is 2. The summed E-state index contributed by atoms with van der Waals surface area (Å²) in [6.45, 7) is 6.73. The first-order valence-electron chi connectivity index (χ1n) is 11.9. The van der Waals surface area contributed by atoms with Gasteiger partial charge in [-0.3, -0.25) is 14.9 Å². The van der Waals surface area contributed by atoms with E-state index < -0.39 is 17.8 Å². The van der Waals surface area contributed by atoms with E-state index in [1.54, 1.807) is 36.4 Å². The summed E-state index contributed by atoms with van der Waals surface area (Å²) in [7, 11) is 1.51. The van der Waals surface area contributed by atoms with Gasteiger partial charge in [-0.25, -0.2) is 9.69 Å². The SMILES string of the molecule is CCOc1ccc(N2C(=O)NC(=O)/C(=C\c3cc(Br)c(OCc4cc(C)cc(C)c4)c(OC)c3)C2=O)cc1. The fourth-order valence-corrected chi connectivity index (χ4v) is 4.76. The third kappa shape index (κ3) is 5.89. The highest BCUT2D eigenvalue weighted by Crippen LogP contribution is 2.38. The van der Waals surface area contributed by atoms with Crippen LogP contribution in [-0.4, -0.2) is 31.6 Å². The van der Waals surface area contributed by atoms with Gasteiger partial charge in [-0.1, -0.05) is 29.3 Å². The Hall–Kier alpha value is -4.11. The zero-order valence-electron chi connectivity index (χ0n) is 21.5. The number of carbonyl (C=O) groups excluding carboxylic acids is 3. The van der Waals surface area contributed by atoms with E-state index >= 15 is 0 Å². The average molecular weight is 579 g/mol. The number of halogens is 1. The Morgan fingerprint density at radius 2 is 1.63 bits per heavy atom. The largest absolute Gasteiger partial charge is 0.494 e. The number of hydrogen-bond donors (Lipinski definition) is 1. The first-order valence-corrected chi connectivity index (χ1v) is 12.7. The van der Waals surface area contributed by atoms with Gasteiger partial charge < -0.3 is 14.2 Å². The van der Waals surface area contributed by atoms with E-state index in [2.05, 4.69) is 39.4 Å². The molecule has 1 aliphatic heterocycles. The fraction of sp³-hybridized carbons (Fsp3) is 0.207. The Balaban J connectivity index is 1.61. The minimum absolute atomic E-state index is 0.198. The Bertz CT molecular complexity index is 1410. The van der Waals surface area contributed by atoms with Crippen LogP contribution in [0.3, 0.4) is 0 Å². The van der Waals surface area contributed by atoms with Gasteiger partial charge in [-0.2, -0.15) is 0 Å². The number of anilines is 1. The molecule has 0 atom stereocenters. The molecule has 3 aromatic carbocycles. The molecule has 3 aromatic rings. The molecule has 4 amide bonds. The monoisotopic (exact) mass is 578 g/mol. The number of barbiturate groups is 1. The highest BCUT2D eigenvalue weighted by atomic mass is 79.9. The molecule has 1 aliphatic rings. The lowest BCUT2D eigenvalue weighted by molar-refractivity contribution is -0.122. The number of hydrogen-bond acceptors (Lipinski definition) is 6. The maximum Gasteiger partial charge on any atom is 0.335 e. The lowest BCUT2D eigenvalue weighted by Gasteiger charge is -2.26. The minimum atomic E-state index is -0.824. The molecule has 0 saturated carbocycles. The Morgan fingerprint density at radius 3 is 2.26 bits per heavy atom. The van der Waals surface area contributed by atoms with Gasteiger partial charge in [0.15, 0.2) is 11.5 Å². The zero-order valence-corrected chi connectivity index (χ0v) is 23.0. The van der Waals surface area contributed by atoms with Crippen LogP contribution in [0.15, 0.2) is 64.6 Å². The summed E-state index contributed by atoms with van der Waals surface area (Å²) in [6, 6.07) is 15.2. The van der Waals surface area contributed by atoms with Crippen molar-refractivity contribution in [2.45, 2.75) is 27.4 Å². The molecular weight excluding hydrogens is 552 g/mol. The Morgan fingerprint density at radius 1 is 0.947 bits per heavy atom. The fourth-order valence-electron chi connectivity index (χ4n) is 4.19. The molecule has 4 rings (SSSR count). The van der Waals surface area contributed by atoms with Crippen LogP contribution in [0.5, 0.6) is 17.2 Å². The molecule has 0 spiro atoms. The van der Waals surface area contributed by atoms with Gasteiger partial charge in [0.1, 0.15) is 17.9 Å². The molecule has 8 nitrogen and oxygen atoms in total. The van der Waals surface area contributed by atoms with Crippen molar-refractivity contribution < 1.29 is 28.6 Å². The molecule has 38 heavy (non-hydrogen) atoms. The number of rotatable bonds is 8. The van der Waals surface area contributed by atoms with Gasteiger partial charge in [-0.15, -0.1) is 0 Å². The molecular formula is C29H27BrN2O6. The van der Waals surface area contributed by atoms with Crippen molar-refractivity contribution in [3.63, 3.8) is 0 Å². The van der Waals surface area contributed by atoms with Crippen molar-refractivity contribution in [1.82, 2.24) is 5.32 Å². The molecule has 0 radical (unpaired) electrons. The number of nitrogens with zero attached hydrogens (tertiary/aromatic N) is 1. The van der Waals surface area contributed by atoms with Gasteiger partial charge in [0, 0.05) is 0 Å². The summed E-state index contributed by atoms with van der Waals surface area (Å²) in [5.41, 5.74) is 3.92. The molecule has 9 heteroatoms. The summed E-state index contributed by atoms with van der Waals surface area (Å²) >= 11 is 3.52. The number of ether oxygens (including phenoxy) is 3. The lowest BCUT2D eigenvalue weighted by atomic mass is 10.1. The molecule has 0 aromatic heterocycles. The van der Waals surface area contributed by atoms with Crippen LogP contribution in [0, 0.1) is 13.8 Å². The average Bonchev–Trinajstić information content (AvgIpc) is 2.86. The van der Waals surface area contributed by atoms with E-state index in [4.69, 9.17) is 14.2 Å². The first kappa shape index (κ1) is 26.9. The van der Waals surface area contributed by atoms with E-state index in [9.17, 15) is 14.4 Å². The Kier molecular flexibility index (Phi) is 8.16. The number of amides is 4. The predicted octanol–water partition coefficient (Wildman–Crippen LogP) is 5.72. The van der Waals surface area contributed by atoms with Gasteiger partial charge in [0.25, 0.3) is 11.8 Å². The second-order valence-electron chi connectivity index (χ2n) is 8.70. The minimum Gasteiger partial charge on any atom is -0.494 e. The van der Waals surface area contributed by atoms with Crippen LogP contribution in [-0.2, 0) is 16.2 Å². The number of aryl methyl sites for hydroxylation is 2. The number of methoxy groups -OCH3 is 1. The topological polar surface area (TPSA) is 94.2 Å². The number of carbonyl (C=O) groups is 3. The van der Waals surface area contributed by atoms with Crippen molar-refractivity contribution in [3.05, 3.63) is 86.9 Å². The molecule has 0 aliphatic carbocycles. The first-order chi connectivity index (χ1) is 18.2. The Labute approximate surface area is 229 Å². The number of urea groups is 1. The van der Waals surface area contributed by atoms with Crippen molar-refractivity contribution >= 4 is 45.5 Å². The van der Waals surface area contributed by atoms with Crippen LogP contribution < -0.4 is 24.4 Å². The molecule has 196 valence electrons. The lowest BCUT2D eigenvalue weighted by Crippen LogP contribution is -2.54. The van der Waals surface area contributed by atoms with Gasteiger partial charge in [0.05, 0.1) is 23.9 Å². The normalized spacial score (nSPS) is 14.5. The van der Waals surface area contributed by atoms with Crippen molar-refractivity contribution in [3.8, 4) is 17.2 Å². The van der Waals surface area contributed by atoms with Crippen LogP contribution in [0.2, 0.25) is 0 Å². The van der Waals surface area contributed by atoms with E-state index in [1.165, 1.54) is 13.2 Å². The summed E-state index contributed by atoms with van der Waals surface area (Å²) in [6.07, 6.45) is 1.41. The molecule has 1 heterocycles. The van der Waals surface area contributed by atoms with Crippen LogP contribution in [0.1, 0.15) is 29.2 Å². The smallest absolute Gasteiger partial charge is 0.335 e. The zero-order chi connectivity index (χ0) is 27.4. The van der Waals surface area contributed by atoms with E-state index in [-0.39, 0.29) is 5.57 Å². The van der Waals surface area contributed by atoms with Crippen molar-refractivity contribution in [2.24, 2.45) is 0 Å². The predicted molar refractivity (Wildman–Crippen MR) is 148 cm³/mol. The van der Waals surface area contributed by atoms with Gasteiger partial charge >= 0.3 is 6.03 Å². The summed E-state index contributed by atoms with van der Waals surface area (Å²) in [5.74, 6) is -0.0246. The standard InChI is InChI=1S/C29H27BrN2O6/c1-5-37-22-8-6-21(7-9-22)32-28(34)23(27(33)31-29(32)35)13-19-14-24(30)26(25(15-19)36-4)38-16-20-11-17(2)10-18(3)12-20/h6-15H,5,16H2,1-4H3,(H,31,33,35)/b23-13+.